The summed E-state index contributed by atoms with van der Waals surface area (Å²) in [5.41, 5.74) is 0.393. The molecule has 0 fully saturated rings. The summed E-state index contributed by atoms with van der Waals surface area (Å²) in [5, 5.41) is 14.7. The zero-order chi connectivity index (χ0) is 13.4. The molecule has 0 unspecified atom stereocenters. The number of carbonyl (C=O) groups is 1. The topological polar surface area (TPSA) is 87.1 Å². The molecule has 6 nitrogen and oxygen atoms in total. The van der Waals surface area contributed by atoms with Gasteiger partial charge in [-0.2, -0.15) is 0 Å². The zero-order valence-electron chi connectivity index (χ0n) is 10.8. The van der Waals surface area contributed by atoms with Gasteiger partial charge in [-0.3, -0.25) is 4.79 Å². The lowest BCUT2D eigenvalue weighted by molar-refractivity contribution is 0.0911. The Bertz CT molecular complexity index is 367. The van der Waals surface area contributed by atoms with E-state index in [0.717, 1.165) is 19.3 Å². The number of aromatic nitrogens is 2. The Morgan fingerprint density at radius 2 is 2.11 bits per heavy atom. The standard InChI is InChI=1S/C12H20N4O2/c1-3-4-5-10(8-17)16-11(18)9-6-14-12(13-2)15-7-9/h6-7,10,17H,3-5,8H2,1-2H3,(H,16,18)(H,13,14,15)/t10-/m1/s1. The van der Waals surface area contributed by atoms with Crippen molar-refractivity contribution in [1.82, 2.24) is 15.3 Å². The Balaban J connectivity index is 2.56. The summed E-state index contributed by atoms with van der Waals surface area (Å²) in [6.07, 6.45) is 5.70. The highest BCUT2D eigenvalue weighted by molar-refractivity contribution is 5.93. The molecule has 0 aliphatic heterocycles. The molecule has 0 aliphatic carbocycles. The van der Waals surface area contributed by atoms with Crippen molar-refractivity contribution in [2.75, 3.05) is 19.0 Å². The van der Waals surface area contributed by atoms with Crippen molar-refractivity contribution in [3.8, 4) is 0 Å². The Kier molecular flexibility index (Phi) is 6.07. The van der Waals surface area contributed by atoms with Crippen molar-refractivity contribution in [3.05, 3.63) is 18.0 Å². The van der Waals surface area contributed by atoms with E-state index in [2.05, 4.69) is 27.5 Å². The van der Waals surface area contributed by atoms with Crippen LogP contribution in [0.3, 0.4) is 0 Å². The Labute approximate surface area is 107 Å². The van der Waals surface area contributed by atoms with Gasteiger partial charge in [0.15, 0.2) is 0 Å². The average molecular weight is 252 g/mol. The minimum Gasteiger partial charge on any atom is -0.394 e. The van der Waals surface area contributed by atoms with Crippen LogP contribution in [0.25, 0.3) is 0 Å². The van der Waals surface area contributed by atoms with Gasteiger partial charge in [0.05, 0.1) is 18.2 Å². The van der Waals surface area contributed by atoms with Gasteiger partial charge in [-0.1, -0.05) is 19.8 Å². The van der Waals surface area contributed by atoms with Crippen molar-refractivity contribution < 1.29 is 9.90 Å². The van der Waals surface area contributed by atoms with E-state index in [9.17, 15) is 9.90 Å². The van der Waals surface area contributed by atoms with Gasteiger partial charge in [0.25, 0.3) is 5.91 Å². The van der Waals surface area contributed by atoms with Crippen molar-refractivity contribution >= 4 is 11.9 Å². The summed E-state index contributed by atoms with van der Waals surface area (Å²) >= 11 is 0. The van der Waals surface area contributed by atoms with Gasteiger partial charge >= 0.3 is 0 Å². The third-order valence-electron chi connectivity index (χ3n) is 2.60. The highest BCUT2D eigenvalue weighted by Gasteiger charge is 2.13. The third-order valence-corrected chi connectivity index (χ3v) is 2.60. The van der Waals surface area contributed by atoms with Gasteiger partial charge < -0.3 is 15.7 Å². The SMILES string of the molecule is CCCC[C@H](CO)NC(=O)c1cnc(NC)nc1. The molecular formula is C12H20N4O2. The highest BCUT2D eigenvalue weighted by Crippen LogP contribution is 2.03. The molecule has 0 bridgehead atoms. The van der Waals surface area contributed by atoms with Gasteiger partial charge in [-0.15, -0.1) is 0 Å². The number of rotatable bonds is 7. The maximum absolute atomic E-state index is 11.9. The summed E-state index contributed by atoms with van der Waals surface area (Å²) in [6, 6.07) is -0.207. The molecule has 0 saturated carbocycles. The Hall–Kier alpha value is -1.69. The van der Waals surface area contributed by atoms with Crippen LogP contribution in [0.1, 0.15) is 36.5 Å². The van der Waals surface area contributed by atoms with Crippen LogP contribution < -0.4 is 10.6 Å². The first-order chi connectivity index (χ1) is 8.71. The molecule has 0 saturated heterocycles. The number of amides is 1. The van der Waals surface area contributed by atoms with Crippen LogP contribution in [0.15, 0.2) is 12.4 Å². The van der Waals surface area contributed by atoms with Crippen molar-refractivity contribution in [2.24, 2.45) is 0 Å². The lowest BCUT2D eigenvalue weighted by Crippen LogP contribution is -2.37. The number of hydrogen-bond donors (Lipinski definition) is 3. The van der Waals surface area contributed by atoms with Gasteiger partial charge in [-0.25, -0.2) is 9.97 Å². The van der Waals surface area contributed by atoms with Gasteiger partial charge in [-0.05, 0) is 6.42 Å². The van der Waals surface area contributed by atoms with E-state index in [0.29, 0.717) is 11.5 Å². The summed E-state index contributed by atoms with van der Waals surface area (Å²) < 4.78 is 0. The van der Waals surface area contributed by atoms with E-state index in [1.54, 1.807) is 7.05 Å². The Morgan fingerprint density at radius 1 is 1.44 bits per heavy atom. The molecule has 0 aromatic carbocycles. The monoisotopic (exact) mass is 252 g/mol. The van der Waals surface area contributed by atoms with Crippen LogP contribution in [-0.2, 0) is 0 Å². The number of anilines is 1. The highest BCUT2D eigenvalue weighted by atomic mass is 16.3. The number of unbranched alkanes of at least 4 members (excludes halogenated alkanes) is 1. The maximum Gasteiger partial charge on any atom is 0.254 e. The molecule has 0 aliphatic rings. The van der Waals surface area contributed by atoms with Crippen LogP contribution in [0.2, 0.25) is 0 Å². The minimum atomic E-state index is -0.257. The maximum atomic E-state index is 11.9. The first kappa shape index (κ1) is 14.4. The predicted octanol–water partition coefficient (Wildman–Crippen LogP) is 0.799. The molecule has 1 atom stereocenters. The van der Waals surface area contributed by atoms with Gasteiger partial charge in [0.2, 0.25) is 5.95 Å². The molecule has 100 valence electrons. The lowest BCUT2D eigenvalue weighted by Gasteiger charge is -2.15. The number of carbonyl (C=O) groups excluding carboxylic acids is 1. The second-order valence-corrected chi connectivity index (χ2v) is 4.04. The van der Waals surface area contributed by atoms with E-state index in [-0.39, 0.29) is 18.6 Å². The molecule has 0 spiro atoms. The molecule has 1 aromatic heterocycles. The molecule has 1 heterocycles. The summed E-state index contributed by atoms with van der Waals surface area (Å²) in [5.74, 6) is 0.212. The smallest absolute Gasteiger partial charge is 0.254 e. The second kappa shape index (κ2) is 7.60. The van der Waals surface area contributed by atoms with Crippen LogP contribution in [0, 0.1) is 0 Å². The largest absolute Gasteiger partial charge is 0.394 e. The number of aliphatic hydroxyl groups excluding tert-OH is 1. The molecular weight excluding hydrogens is 232 g/mol. The second-order valence-electron chi connectivity index (χ2n) is 4.04. The molecule has 1 amide bonds. The van der Waals surface area contributed by atoms with Crippen LogP contribution in [0.5, 0.6) is 0 Å². The number of aliphatic hydroxyl groups is 1. The van der Waals surface area contributed by atoms with Gasteiger partial charge in [0.1, 0.15) is 0 Å². The average Bonchev–Trinajstić information content (AvgIpc) is 2.43. The normalized spacial score (nSPS) is 11.9. The van der Waals surface area contributed by atoms with E-state index in [1.165, 1.54) is 12.4 Å². The zero-order valence-corrected chi connectivity index (χ0v) is 10.8. The van der Waals surface area contributed by atoms with Crippen LogP contribution in [0.4, 0.5) is 5.95 Å². The predicted molar refractivity (Wildman–Crippen MR) is 69.4 cm³/mol. The Morgan fingerprint density at radius 3 is 2.61 bits per heavy atom. The molecule has 6 heteroatoms. The summed E-state index contributed by atoms with van der Waals surface area (Å²) in [7, 11) is 1.71. The number of hydrogen-bond acceptors (Lipinski definition) is 5. The molecule has 1 rings (SSSR count). The van der Waals surface area contributed by atoms with Crippen LogP contribution >= 0.6 is 0 Å². The fourth-order valence-electron chi connectivity index (χ4n) is 1.50. The minimum absolute atomic E-state index is 0.0544. The van der Waals surface area contributed by atoms with Crippen molar-refractivity contribution in [2.45, 2.75) is 32.2 Å². The molecule has 3 N–H and O–H groups in total. The molecule has 0 radical (unpaired) electrons. The van der Waals surface area contributed by atoms with Gasteiger partial charge in [0, 0.05) is 19.4 Å². The number of nitrogens with zero attached hydrogens (tertiary/aromatic N) is 2. The lowest BCUT2D eigenvalue weighted by atomic mass is 10.1. The molecule has 18 heavy (non-hydrogen) atoms. The van der Waals surface area contributed by atoms with E-state index in [4.69, 9.17) is 0 Å². The first-order valence-corrected chi connectivity index (χ1v) is 6.12. The van der Waals surface area contributed by atoms with Crippen molar-refractivity contribution in [1.29, 1.82) is 0 Å². The molecule has 1 aromatic rings. The number of nitrogens with one attached hydrogen (secondary N) is 2. The van der Waals surface area contributed by atoms with E-state index < -0.39 is 0 Å². The third kappa shape index (κ3) is 4.29. The fraction of sp³-hybridized carbons (Fsp3) is 0.583. The summed E-state index contributed by atoms with van der Waals surface area (Å²) in [6.45, 7) is 2.02. The van der Waals surface area contributed by atoms with E-state index >= 15 is 0 Å². The van der Waals surface area contributed by atoms with E-state index in [1.807, 2.05) is 0 Å². The quantitative estimate of drug-likeness (QED) is 0.668. The fourth-order valence-corrected chi connectivity index (χ4v) is 1.50. The first-order valence-electron chi connectivity index (χ1n) is 6.12. The summed E-state index contributed by atoms with van der Waals surface area (Å²) in [4.78, 5) is 19.8. The van der Waals surface area contributed by atoms with Crippen molar-refractivity contribution in [3.63, 3.8) is 0 Å². The van der Waals surface area contributed by atoms with Crippen LogP contribution in [-0.4, -0.2) is 40.7 Å².